The van der Waals surface area contributed by atoms with Crippen LogP contribution >= 0.6 is 0 Å². The maximum Gasteiger partial charge on any atom is 0.326 e. The first-order valence-electron chi connectivity index (χ1n) is 7.29. The van der Waals surface area contributed by atoms with Crippen molar-refractivity contribution < 1.29 is 9.53 Å². The quantitative estimate of drug-likeness (QED) is 0.695. The Morgan fingerprint density at radius 3 is 2.83 bits per heavy atom. The van der Waals surface area contributed by atoms with Crippen LogP contribution in [0.25, 0.3) is 10.9 Å². The van der Waals surface area contributed by atoms with E-state index in [1.807, 2.05) is 37.3 Å². The second kappa shape index (κ2) is 6.44. The summed E-state index contributed by atoms with van der Waals surface area (Å²) in [6, 6.07) is 14.8. The molecule has 0 aliphatic heterocycles. The molecule has 0 saturated heterocycles. The zero-order valence-electron chi connectivity index (χ0n) is 12.7. The molecule has 0 unspecified atom stereocenters. The molecule has 5 nitrogen and oxygen atoms in total. The Morgan fingerprint density at radius 1 is 1.17 bits per heavy atom. The third-order valence-electron chi connectivity index (χ3n) is 3.51. The molecular weight excluding hydrogens is 292 g/mol. The number of carbonyl (C=O) groups is 1. The van der Waals surface area contributed by atoms with Crippen molar-refractivity contribution in [1.82, 2.24) is 9.55 Å². The summed E-state index contributed by atoms with van der Waals surface area (Å²) >= 11 is 0. The molecule has 0 amide bonds. The molecule has 0 aliphatic carbocycles. The highest BCUT2D eigenvalue weighted by atomic mass is 16.5. The summed E-state index contributed by atoms with van der Waals surface area (Å²) in [5, 5.41) is 0.487. The summed E-state index contributed by atoms with van der Waals surface area (Å²) in [6.45, 7) is 2.02. The van der Waals surface area contributed by atoms with E-state index in [-0.39, 0.29) is 18.7 Å². The average Bonchev–Trinajstić information content (AvgIpc) is 2.56. The lowest BCUT2D eigenvalue weighted by atomic mass is 10.1. The van der Waals surface area contributed by atoms with Crippen molar-refractivity contribution in [3.05, 3.63) is 76.3 Å². The van der Waals surface area contributed by atoms with Crippen LogP contribution in [0, 0.1) is 6.92 Å². The molecule has 0 bridgehead atoms. The summed E-state index contributed by atoms with van der Waals surface area (Å²) in [4.78, 5) is 28.4. The fourth-order valence-corrected chi connectivity index (χ4v) is 2.37. The smallest absolute Gasteiger partial charge is 0.326 e. The maximum absolute atomic E-state index is 12.3. The molecule has 0 aliphatic rings. The normalized spacial score (nSPS) is 10.7. The molecule has 5 heteroatoms. The number of benzene rings is 2. The maximum atomic E-state index is 12.3. The molecule has 3 rings (SSSR count). The summed E-state index contributed by atoms with van der Waals surface area (Å²) in [6.07, 6.45) is 1.37. The number of aryl methyl sites for hydroxylation is 1. The van der Waals surface area contributed by atoms with E-state index in [1.54, 1.807) is 18.2 Å². The third kappa shape index (κ3) is 3.45. The Labute approximate surface area is 133 Å². The first-order valence-corrected chi connectivity index (χ1v) is 7.29. The Balaban J connectivity index is 1.71. The van der Waals surface area contributed by atoms with Gasteiger partial charge in [-0.3, -0.25) is 14.2 Å². The van der Waals surface area contributed by atoms with Gasteiger partial charge in [-0.2, -0.15) is 0 Å². The predicted molar refractivity (Wildman–Crippen MR) is 87.0 cm³/mol. The van der Waals surface area contributed by atoms with Crippen LogP contribution in [0.4, 0.5) is 0 Å². The van der Waals surface area contributed by atoms with Crippen LogP contribution in [-0.4, -0.2) is 15.5 Å². The molecule has 0 atom stereocenters. The van der Waals surface area contributed by atoms with Crippen LogP contribution in [0.1, 0.15) is 11.1 Å². The fraction of sp³-hybridized carbons (Fsp3) is 0.167. The van der Waals surface area contributed by atoms with E-state index in [0.29, 0.717) is 10.9 Å². The van der Waals surface area contributed by atoms with Crippen molar-refractivity contribution in [3.63, 3.8) is 0 Å². The molecule has 0 fully saturated rings. The van der Waals surface area contributed by atoms with Crippen LogP contribution in [-0.2, 0) is 22.7 Å². The van der Waals surface area contributed by atoms with Crippen LogP contribution < -0.4 is 5.56 Å². The molecular formula is C18H16N2O3. The number of carbonyl (C=O) groups excluding carboxylic acids is 1. The van der Waals surface area contributed by atoms with E-state index >= 15 is 0 Å². The number of rotatable bonds is 4. The molecule has 116 valence electrons. The lowest BCUT2D eigenvalue weighted by Crippen LogP contribution is -2.25. The molecule has 2 aromatic carbocycles. The molecule has 0 radical (unpaired) electrons. The van der Waals surface area contributed by atoms with Gasteiger partial charge in [0.1, 0.15) is 13.2 Å². The molecule has 0 saturated carbocycles. The molecule has 1 heterocycles. The lowest BCUT2D eigenvalue weighted by Gasteiger charge is -2.08. The van der Waals surface area contributed by atoms with Crippen LogP contribution in [0.2, 0.25) is 0 Å². The van der Waals surface area contributed by atoms with E-state index in [0.717, 1.165) is 11.1 Å². The molecule has 23 heavy (non-hydrogen) atoms. The van der Waals surface area contributed by atoms with Gasteiger partial charge in [0.05, 0.1) is 17.2 Å². The number of fused-ring (bicyclic) bond motifs is 1. The molecule has 0 spiro atoms. The van der Waals surface area contributed by atoms with Gasteiger partial charge in [0.15, 0.2) is 0 Å². The monoisotopic (exact) mass is 308 g/mol. The largest absolute Gasteiger partial charge is 0.459 e. The number of hydrogen-bond donors (Lipinski definition) is 0. The standard InChI is InChI=1S/C18H16N2O3/c1-13-5-4-6-14(9-13)11-23-17(21)10-20-12-19-16-8-3-2-7-15(16)18(20)22/h2-9,12H,10-11H2,1H3. The second-order valence-electron chi connectivity index (χ2n) is 5.34. The summed E-state index contributed by atoms with van der Waals surface area (Å²) in [5.41, 5.74) is 2.39. The summed E-state index contributed by atoms with van der Waals surface area (Å²) in [7, 11) is 0. The SMILES string of the molecule is Cc1cccc(COC(=O)Cn2cnc3ccccc3c2=O)c1. The number of hydrogen-bond acceptors (Lipinski definition) is 4. The van der Waals surface area contributed by atoms with Crippen molar-refractivity contribution in [3.8, 4) is 0 Å². The van der Waals surface area contributed by atoms with E-state index < -0.39 is 5.97 Å². The van der Waals surface area contributed by atoms with Gasteiger partial charge in [-0.15, -0.1) is 0 Å². The van der Waals surface area contributed by atoms with E-state index in [1.165, 1.54) is 10.9 Å². The minimum atomic E-state index is -0.467. The number of nitrogens with zero attached hydrogens (tertiary/aromatic N) is 2. The van der Waals surface area contributed by atoms with Crippen molar-refractivity contribution in [2.24, 2.45) is 0 Å². The first-order chi connectivity index (χ1) is 11.1. The highest BCUT2D eigenvalue weighted by molar-refractivity contribution is 5.77. The van der Waals surface area contributed by atoms with Gasteiger partial charge in [-0.05, 0) is 24.6 Å². The van der Waals surface area contributed by atoms with Crippen molar-refractivity contribution >= 4 is 16.9 Å². The minimum Gasteiger partial charge on any atom is -0.459 e. The molecule has 1 aromatic heterocycles. The zero-order chi connectivity index (χ0) is 16.2. The third-order valence-corrected chi connectivity index (χ3v) is 3.51. The van der Waals surface area contributed by atoms with Crippen LogP contribution in [0.5, 0.6) is 0 Å². The topological polar surface area (TPSA) is 61.2 Å². The fourth-order valence-electron chi connectivity index (χ4n) is 2.37. The Morgan fingerprint density at radius 2 is 2.00 bits per heavy atom. The van der Waals surface area contributed by atoms with Gasteiger partial charge in [0.2, 0.25) is 0 Å². The Bertz CT molecular complexity index is 915. The number of para-hydroxylation sites is 1. The van der Waals surface area contributed by atoms with Gasteiger partial charge in [-0.25, -0.2) is 4.98 Å². The number of esters is 1. The van der Waals surface area contributed by atoms with Gasteiger partial charge in [0.25, 0.3) is 5.56 Å². The van der Waals surface area contributed by atoms with Gasteiger partial charge in [0, 0.05) is 0 Å². The van der Waals surface area contributed by atoms with Crippen molar-refractivity contribution in [2.75, 3.05) is 0 Å². The minimum absolute atomic E-state index is 0.150. The van der Waals surface area contributed by atoms with Gasteiger partial charge >= 0.3 is 5.97 Å². The van der Waals surface area contributed by atoms with E-state index in [9.17, 15) is 9.59 Å². The van der Waals surface area contributed by atoms with E-state index in [4.69, 9.17) is 4.74 Å². The average molecular weight is 308 g/mol. The molecule has 0 N–H and O–H groups in total. The predicted octanol–water partition coefficient (Wildman–Crippen LogP) is 2.45. The zero-order valence-corrected chi connectivity index (χ0v) is 12.7. The Kier molecular flexibility index (Phi) is 4.19. The number of aromatic nitrogens is 2. The van der Waals surface area contributed by atoms with Crippen LogP contribution in [0.15, 0.2) is 59.7 Å². The number of ether oxygens (including phenoxy) is 1. The Hall–Kier alpha value is -2.95. The van der Waals surface area contributed by atoms with Crippen LogP contribution in [0.3, 0.4) is 0 Å². The highest BCUT2D eigenvalue weighted by Crippen LogP contribution is 2.07. The highest BCUT2D eigenvalue weighted by Gasteiger charge is 2.09. The van der Waals surface area contributed by atoms with Crippen molar-refractivity contribution in [1.29, 1.82) is 0 Å². The van der Waals surface area contributed by atoms with Crippen molar-refractivity contribution in [2.45, 2.75) is 20.1 Å². The first kappa shape index (κ1) is 15.0. The lowest BCUT2D eigenvalue weighted by molar-refractivity contribution is -0.145. The van der Waals surface area contributed by atoms with Gasteiger partial charge < -0.3 is 4.74 Å². The second-order valence-corrected chi connectivity index (χ2v) is 5.34. The molecule has 3 aromatic rings. The summed E-state index contributed by atoms with van der Waals surface area (Å²) in [5.74, 6) is -0.467. The summed E-state index contributed by atoms with van der Waals surface area (Å²) < 4.78 is 6.49. The van der Waals surface area contributed by atoms with E-state index in [2.05, 4.69) is 4.98 Å². The van der Waals surface area contributed by atoms with Gasteiger partial charge in [-0.1, -0.05) is 42.0 Å².